The summed E-state index contributed by atoms with van der Waals surface area (Å²) in [4.78, 5) is 6.89. The molecule has 2 atom stereocenters. The Balaban J connectivity index is 3.02. The van der Waals surface area contributed by atoms with Crippen LogP contribution in [0.25, 0.3) is 0 Å². The highest BCUT2D eigenvalue weighted by molar-refractivity contribution is 5.01. The Morgan fingerprint density at radius 2 is 1.95 bits per heavy atom. The summed E-state index contributed by atoms with van der Waals surface area (Å²) in [5.41, 5.74) is 3.02. The topological polar surface area (TPSA) is 72.0 Å². The van der Waals surface area contributed by atoms with Crippen molar-refractivity contribution >= 4 is 0 Å². The van der Waals surface area contributed by atoms with Crippen molar-refractivity contribution in [3.63, 3.8) is 0 Å². The monoisotopic (exact) mass is 296 g/mol. The molecule has 0 amide bonds. The van der Waals surface area contributed by atoms with Crippen LogP contribution in [0.3, 0.4) is 0 Å². The van der Waals surface area contributed by atoms with E-state index in [1.54, 1.807) is 6.33 Å². The van der Waals surface area contributed by atoms with Crippen LogP contribution in [0.4, 0.5) is 0 Å². The Morgan fingerprint density at radius 1 is 1.33 bits per heavy atom. The molecule has 1 aromatic rings. The van der Waals surface area contributed by atoms with Crippen molar-refractivity contribution in [3.8, 4) is 0 Å². The first-order chi connectivity index (χ1) is 9.94. The molecule has 0 saturated carbocycles. The van der Waals surface area contributed by atoms with Crippen molar-refractivity contribution in [1.29, 1.82) is 0 Å². The van der Waals surface area contributed by atoms with Gasteiger partial charge in [0.25, 0.3) is 0 Å². The van der Waals surface area contributed by atoms with Gasteiger partial charge in [0.15, 0.2) is 0 Å². The lowest BCUT2D eigenvalue weighted by Gasteiger charge is -2.45. The quantitative estimate of drug-likeness (QED) is 0.536. The second kappa shape index (κ2) is 7.87. The van der Waals surface area contributed by atoms with Gasteiger partial charge in [0.2, 0.25) is 0 Å². The normalized spacial score (nSPS) is 16.4. The second-order valence-corrected chi connectivity index (χ2v) is 6.02. The van der Waals surface area contributed by atoms with E-state index in [-0.39, 0.29) is 11.6 Å². The van der Waals surface area contributed by atoms with Crippen LogP contribution < -0.4 is 11.3 Å². The number of hydrazine groups is 1. The molecule has 0 spiro atoms. The Kier molecular flexibility index (Phi) is 6.77. The molecule has 6 nitrogen and oxygen atoms in total. The van der Waals surface area contributed by atoms with Crippen molar-refractivity contribution in [1.82, 2.24) is 25.1 Å². The van der Waals surface area contributed by atoms with Gasteiger partial charge >= 0.3 is 0 Å². The summed E-state index contributed by atoms with van der Waals surface area (Å²) in [6, 6.07) is 0.436. The van der Waals surface area contributed by atoms with Gasteiger partial charge in [-0.2, -0.15) is 5.10 Å². The molecule has 0 fully saturated rings. The first-order valence-corrected chi connectivity index (χ1v) is 8.04. The maximum Gasteiger partial charge on any atom is 0.138 e. The Morgan fingerprint density at radius 3 is 2.38 bits per heavy atom. The number of likely N-dealkylation sites (N-methyl/N-ethyl adjacent to an activating group) is 1. The van der Waals surface area contributed by atoms with Gasteiger partial charge in [-0.25, -0.2) is 9.67 Å². The fraction of sp³-hybridized carbons (Fsp3) is 0.867. The van der Waals surface area contributed by atoms with Crippen LogP contribution in [-0.2, 0) is 6.42 Å². The van der Waals surface area contributed by atoms with Crippen molar-refractivity contribution in [2.24, 2.45) is 5.84 Å². The van der Waals surface area contributed by atoms with Crippen LogP contribution >= 0.6 is 0 Å². The first kappa shape index (κ1) is 18.1. The fourth-order valence-electron chi connectivity index (χ4n) is 3.13. The molecule has 0 saturated heterocycles. The molecule has 0 bridgehead atoms. The smallest absolute Gasteiger partial charge is 0.138 e. The molecule has 1 rings (SSSR count). The largest absolute Gasteiger partial charge is 0.297 e. The Labute approximate surface area is 129 Å². The molecule has 2 unspecified atom stereocenters. The van der Waals surface area contributed by atoms with E-state index in [1.165, 1.54) is 0 Å². The van der Waals surface area contributed by atoms with Crippen LogP contribution in [0.5, 0.6) is 0 Å². The highest BCUT2D eigenvalue weighted by atomic mass is 15.4. The molecule has 0 aliphatic heterocycles. The minimum absolute atomic E-state index is 0.00793. The van der Waals surface area contributed by atoms with E-state index in [2.05, 4.69) is 62.0 Å². The van der Waals surface area contributed by atoms with Gasteiger partial charge in [-0.05, 0) is 40.3 Å². The van der Waals surface area contributed by atoms with Crippen LogP contribution in [-0.4, -0.2) is 44.3 Å². The van der Waals surface area contributed by atoms with Gasteiger partial charge in [0.05, 0.1) is 0 Å². The number of nitrogens with zero attached hydrogens (tertiary/aromatic N) is 4. The molecule has 122 valence electrons. The molecule has 0 aliphatic carbocycles. The Hall–Kier alpha value is -0.980. The molecule has 21 heavy (non-hydrogen) atoms. The van der Waals surface area contributed by atoms with E-state index >= 15 is 0 Å². The maximum atomic E-state index is 5.89. The van der Waals surface area contributed by atoms with E-state index in [0.29, 0.717) is 6.04 Å². The van der Waals surface area contributed by atoms with Crippen molar-refractivity contribution < 1.29 is 0 Å². The second-order valence-electron chi connectivity index (χ2n) is 6.02. The van der Waals surface area contributed by atoms with Crippen molar-refractivity contribution in [2.75, 3.05) is 13.1 Å². The van der Waals surface area contributed by atoms with Gasteiger partial charge in [-0.1, -0.05) is 20.8 Å². The van der Waals surface area contributed by atoms with E-state index in [4.69, 9.17) is 5.84 Å². The highest BCUT2D eigenvalue weighted by Gasteiger charge is 2.37. The summed E-state index contributed by atoms with van der Waals surface area (Å²) in [7, 11) is 0. The third-order valence-corrected chi connectivity index (χ3v) is 4.68. The van der Waals surface area contributed by atoms with E-state index < -0.39 is 0 Å². The minimum Gasteiger partial charge on any atom is -0.297 e. The maximum absolute atomic E-state index is 5.89. The highest BCUT2D eigenvalue weighted by Crippen LogP contribution is 2.25. The molecule has 0 radical (unpaired) electrons. The average Bonchev–Trinajstić information content (AvgIpc) is 2.94. The summed E-state index contributed by atoms with van der Waals surface area (Å²) in [6.45, 7) is 15.1. The van der Waals surface area contributed by atoms with E-state index in [9.17, 15) is 0 Å². The van der Waals surface area contributed by atoms with Gasteiger partial charge < -0.3 is 0 Å². The summed E-state index contributed by atoms with van der Waals surface area (Å²) in [5, 5.41) is 4.32. The number of nitrogens with one attached hydrogen (secondary N) is 1. The zero-order valence-corrected chi connectivity index (χ0v) is 14.4. The van der Waals surface area contributed by atoms with Crippen LogP contribution in [0, 0.1) is 0 Å². The zero-order chi connectivity index (χ0) is 16.0. The number of hydrogen-bond acceptors (Lipinski definition) is 5. The van der Waals surface area contributed by atoms with Crippen LogP contribution in [0.2, 0.25) is 0 Å². The minimum atomic E-state index is -0.00793. The van der Waals surface area contributed by atoms with Crippen LogP contribution in [0.15, 0.2) is 6.33 Å². The molecular weight excluding hydrogens is 264 g/mol. The molecule has 6 heteroatoms. The van der Waals surface area contributed by atoms with Gasteiger partial charge in [-0.15, -0.1) is 0 Å². The molecule has 3 N–H and O–H groups in total. The van der Waals surface area contributed by atoms with Crippen molar-refractivity contribution in [3.05, 3.63) is 12.2 Å². The third kappa shape index (κ3) is 3.81. The molecule has 0 aromatic carbocycles. The SMILES string of the molecule is CCN(CC)C(C)(CC)C(Cc1ncnn1C(C)C)NN. The van der Waals surface area contributed by atoms with E-state index in [1.807, 2.05) is 4.68 Å². The average molecular weight is 296 g/mol. The molecular formula is C15H32N6. The number of hydrogen-bond donors (Lipinski definition) is 2. The lowest BCUT2D eigenvalue weighted by molar-refractivity contribution is 0.0688. The Bertz CT molecular complexity index is 412. The predicted octanol–water partition coefficient (Wildman–Crippen LogP) is 1.74. The van der Waals surface area contributed by atoms with Gasteiger partial charge in [0, 0.05) is 24.0 Å². The summed E-state index contributed by atoms with van der Waals surface area (Å²) < 4.78 is 1.97. The predicted molar refractivity (Wildman–Crippen MR) is 86.8 cm³/mol. The number of aromatic nitrogens is 3. The molecule has 0 aliphatic rings. The van der Waals surface area contributed by atoms with Gasteiger partial charge in [-0.3, -0.25) is 16.2 Å². The fourth-order valence-corrected chi connectivity index (χ4v) is 3.13. The van der Waals surface area contributed by atoms with Gasteiger partial charge in [0.1, 0.15) is 12.2 Å². The summed E-state index contributed by atoms with van der Waals surface area (Å²) in [6.07, 6.45) is 3.43. The lowest BCUT2D eigenvalue weighted by Crippen LogP contribution is -2.61. The molecule has 1 aromatic heterocycles. The summed E-state index contributed by atoms with van der Waals surface area (Å²) >= 11 is 0. The third-order valence-electron chi connectivity index (χ3n) is 4.68. The van der Waals surface area contributed by atoms with E-state index in [0.717, 1.165) is 31.8 Å². The standard InChI is InChI=1S/C15H32N6/c1-7-15(6,20(8-2)9-3)13(19-16)10-14-17-11-18-21(14)12(4)5/h11-13,19H,7-10,16H2,1-6H3. The lowest BCUT2D eigenvalue weighted by atomic mass is 9.85. The van der Waals surface area contributed by atoms with Crippen LogP contribution in [0.1, 0.15) is 59.8 Å². The summed E-state index contributed by atoms with van der Waals surface area (Å²) in [5.74, 6) is 6.88. The number of nitrogens with two attached hydrogens (primary N) is 1. The zero-order valence-electron chi connectivity index (χ0n) is 14.4. The molecule has 1 heterocycles. The number of rotatable bonds is 9. The van der Waals surface area contributed by atoms with Crippen molar-refractivity contribution in [2.45, 2.75) is 72.0 Å². The first-order valence-electron chi connectivity index (χ1n) is 8.04.